The molecule has 28 heavy (non-hydrogen) atoms. The number of benzene rings is 2. The quantitative estimate of drug-likeness (QED) is 0.504. The molecule has 0 bridgehead atoms. The van der Waals surface area contributed by atoms with Gasteiger partial charge in [-0.2, -0.15) is 0 Å². The first-order valence-electron chi connectivity index (χ1n) is 8.95. The minimum absolute atomic E-state index is 0.0352. The van der Waals surface area contributed by atoms with Crippen LogP contribution in [0.2, 0.25) is 0 Å². The smallest absolute Gasteiger partial charge is 0.346 e. The van der Waals surface area contributed by atoms with E-state index >= 15 is 0 Å². The van der Waals surface area contributed by atoms with E-state index in [0.717, 1.165) is 16.9 Å². The summed E-state index contributed by atoms with van der Waals surface area (Å²) in [5.74, 6) is -1.29. The van der Waals surface area contributed by atoms with Gasteiger partial charge in [0, 0.05) is 16.6 Å². The summed E-state index contributed by atoms with van der Waals surface area (Å²) in [4.78, 5) is 25.2. The summed E-state index contributed by atoms with van der Waals surface area (Å²) in [6, 6.07) is 9.84. The summed E-state index contributed by atoms with van der Waals surface area (Å²) in [7, 11) is 0. The van der Waals surface area contributed by atoms with Crippen LogP contribution >= 0.6 is 11.3 Å². The van der Waals surface area contributed by atoms with Gasteiger partial charge in [-0.25, -0.2) is 4.79 Å². The van der Waals surface area contributed by atoms with E-state index in [1.165, 1.54) is 0 Å². The standard InChI is InChI=1S/C21H21N3O3S/c1-9(2)10-4-3-5-11(8-10)21(24)12-6-7-13(22)17-14(12)15(16(23)19(21)25)18(28-17)20(26)27/h3-9,16H,22-24H2,1-2H3,(H,26,27). The summed E-state index contributed by atoms with van der Waals surface area (Å²) in [6.07, 6.45) is 0. The maximum Gasteiger partial charge on any atom is 0.346 e. The summed E-state index contributed by atoms with van der Waals surface area (Å²) in [6.45, 7) is 4.13. The Morgan fingerprint density at radius 3 is 2.61 bits per heavy atom. The van der Waals surface area contributed by atoms with E-state index in [4.69, 9.17) is 17.2 Å². The van der Waals surface area contributed by atoms with Crippen molar-refractivity contribution in [2.45, 2.75) is 31.3 Å². The Morgan fingerprint density at radius 2 is 1.96 bits per heavy atom. The number of anilines is 1. The summed E-state index contributed by atoms with van der Waals surface area (Å²) in [5, 5.41) is 10.2. The van der Waals surface area contributed by atoms with Crippen LogP contribution in [-0.4, -0.2) is 16.9 Å². The van der Waals surface area contributed by atoms with Gasteiger partial charge in [0.25, 0.3) is 0 Å². The number of Topliss-reactive ketones (excluding diaryl/α,β-unsaturated/α-hetero) is 1. The van der Waals surface area contributed by atoms with Crippen LogP contribution in [0.15, 0.2) is 36.4 Å². The number of carbonyl (C=O) groups excluding carboxylic acids is 1. The normalized spacial score (nSPS) is 21.5. The van der Waals surface area contributed by atoms with Crippen LogP contribution in [0.3, 0.4) is 0 Å². The lowest BCUT2D eigenvalue weighted by molar-refractivity contribution is -0.124. The van der Waals surface area contributed by atoms with Crippen molar-refractivity contribution >= 4 is 38.9 Å². The van der Waals surface area contributed by atoms with Gasteiger partial charge in [-0.3, -0.25) is 4.79 Å². The molecule has 0 amide bonds. The Bertz CT molecular complexity index is 1150. The van der Waals surface area contributed by atoms with Gasteiger partial charge >= 0.3 is 5.97 Å². The van der Waals surface area contributed by atoms with Gasteiger partial charge in [-0.15, -0.1) is 11.3 Å². The Morgan fingerprint density at radius 1 is 1.25 bits per heavy atom. The first-order valence-corrected chi connectivity index (χ1v) is 9.77. The minimum Gasteiger partial charge on any atom is -0.477 e. The maximum atomic E-state index is 13.4. The van der Waals surface area contributed by atoms with E-state index in [0.29, 0.717) is 32.5 Å². The second-order valence-corrected chi connectivity index (χ2v) is 8.51. The van der Waals surface area contributed by atoms with Crippen LogP contribution in [-0.2, 0) is 10.3 Å². The fourth-order valence-electron chi connectivity index (χ4n) is 3.98. The zero-order valence-electron chi connectivity index (χ0n) is 15.5. The third kappa shape index (κ3) is 2.33. The number of hydrogen-bond acceptors (Lipinski definition) is 6. The van der Waals surface area contributed by atoms with Crippen LogP contribution in [0.25, 0.3) is 10.1 Å². The molecule has 2 aromatic carbocycles. The SMILES string of the molecule is CC(C)c1cccc(C2(N)C(=O)C(N)c3c(C(=O)O)sc4c(N)ccc2c34)c1. The maximum absolute atomic E-state index is 13.4. The molecule has 2 unspecified atom stereocenters. The zero-order valence-corrected chi connectivity index (χ0v) is 16.3. The van der Waals surface area contributed by atoms with E-state index in [2.05, 4.69) is 13.8 Å². The molecule has 0 saturated heterocycles. The molecule has 0 fully saturated rings. The van der Waals surface area contributed by atoms with Gasteiger partial charge < -0.3 is 22.3 Å². The van der Waals surface area contributed by atoms with Crippen molar-refractivity contribution in [1.29, 1.82) is 0 Å². The van der Waals surface area contributed by atoms with Gasteiger partial charge in [0.1, 0.15) is 10.4 Å². The molecule has 144 valence electrons. The number of ketones is 1. The number of carbonyl (C=O) groups is 2. The highest BCUT2D eigenvalue weighted by atomic mass is 32.1. The number of nitrogens with two attached hydrogens (primary N) is 3. The van der Waals surface area contributed by atoms with Gasteiger partial charge in [0.15, 0.2) is 5.78 Å². The molecule has 1 aromatic heterocycles. The van der Waals surface area contributed by atoms with Crippen LogP contribution in [0.1, 0.15) is 57.7 Å². The Kier molecular flexibility index (Phi) is 4.08. The largest absolute Gasteiger partial charge is 0.477 e. The molecule has 0 aliphatic heterocycles. The number of thiophene rings is 1. The lowest BCUT2D eigenvalue weighted by atomic mass is 9.70. The van der Waals surface area contributed by atoms with Crippen molar-refractivity contribution in [3.05, 3.63) is 63.5 Å². The molecule has 1 aliphatic carbocycles. The Labute approximate surface area is 165 Å². The Balaban J connectivity index is 2.10. The van der Waals surface area contributed by atoms with Gasteiger partial charge in [0.05, 0.1) is 10.7 Å². The highest BCUT2D eigenvalue weighted by Crippen LogP contribution is 2.49. The second-order valence-electron chi connectivity index (χ2n) is 7.49. The van der Waals surface area contributed by atoms with E-state index in [1.807, 2.05) is 24.3 Å². The number of nitrogen functional groups attached to an aromatic ring is 1. The third-order valence-electron chi connectivity index (χ3n) is 5.52. The first-order chi connectivity index (χ1) is 13.2. The number of aromatic carboxylic acids is 1. The predicted molar refractivity (Wildman–Crippen MR) is 111 cm³/mol. The molecule has 3 aromatic rings. The van der Waals surface area contributed by atoms with Crippen molar-refractivity contribution in [1.82, 2.24) is 0 Å². The van der Waals surface area contributed by atoms with Crippen molar-refractivity contribution in [3.8, 4) is 0 Å². The van der Waals surface area contributed by atoms with Crippen molar-refractivity contribution in [2.24, 2.45) is 11.5 Å². The van der Waals surface area contributed by atoms with Crippen molar-refractivity contribution in [3.63, 3.8) is 0 Å². The van der Waals surface area contributed by atoms with Gasteiger partial charge in [0.2, 0.25) is 0 Å². The average molecular weight is 395 g/mol. The fraction of sp³-hybridized carbons (Fsp3) is 0.238. The molecular weight excluding hydrogens is 374 g/mol. The molecule has 0 radical (unpaired) electrons. The molecule has 2 atom stereocenters. The molecule has 4 rings (SSSR count). The molecule has 6 nitrogen and oxygen atoms in total. The second kappa shape index (κ2) is 6.13. The lowest BCUT2D eigenvalue weighted by Gasteiger charge is -2.36. The van der Waals surface area contributed by atoms with E-state index in [-0.39, 0.29) is 10.8 Å². The monoisotopic (exact) mass is 395 g/mol. The number of carboxylic acids is 1. The van der Waals surface area contributed by atoms with Crippen LogP contribution in [0.4, 0.5) is 5.69 Å². The number of rotatable bonds is 3. The Hall–Kier alpha value is -2.74. The molecule has 7 N–H and O–H groups in total. The molecular formula is C21H21N3O3S. The average Bonchev–Trinajstić information content (AvgIpc) is 3.07. The molecule has 7 heteroatoms. The predicted octanol–water partition coefficient (Wildman–Crippen LogP) is 3.09. The summed E-state index contributed by atoms with van der Waals surface area (Å²) in [5.41, 5.74) is 20.7. The van der Waals surface area contributed by atoms with Crippen LogP contribution in [0, 0.1) is 0 Å². The van der Waals surface area contributed by atoms with Crippen LogP contribution in [0.5, 0.6) is 0 Å². The number of hydrogen-bond donors (Lipinski definition) is 4. The van der Waals surface area contributed by atoms with Crippen molar-refractivity contribution in [2.75, 3.05) is 5.73 Å². The third-order valence-corrected chi connectivity index (χ3v) is 6.76. The lowest BCUT2D eigenvalue weighted by Crippen LogP contribution is -2.52. The van der Waals surface area contributed by atoms with E-state index in [9.17, 15) is 14.7 Å². The molecule has 1 heterocycles. The van der Waals surface area contributed by atoms with E-state index < -0.39 is 23.3 Å². The van der Waals surface area contributed by atoms with Gasteiger partial charge in [-0.1, -0.05) is 44.2 Å². The molecule has 0 saturated carbocycles. The van der Waals surface area contributed by atoms with Gasteiger partial charge in [-0.05, 0) is 28.7 Å². The van der Waals surface area contributed by atoms with E-state index in [1.54, 1.807) is 12.1 Å². The molecule has 1 aliphatic rings. The van der Waals surface area contributed by atoms with Crippen molar-refractivity contribution < 1.29 is 14.7 Å². The topological polar surface area (TPSA) is 132 Å². The summed E-state index contributed by atoms with van der Waals surface area (Å²) >= 11 is 1.03. The zero-order chi connectivity index (χ0) is 20.4. The number of carboxylic acid groups (broad SMARTS) is 1. The van der Waals surface area contributed by atoms with Crippen LogP contribution < -0.4 is 17.2 Å². The molecule has 0 spiro atoms. The highest BCUT2D eigenvalue weighted by Gasteiger charge is 2.48. The highest BCUT2D eigenvalue weighted by molar-refractivity contribution is 7.21. The summed E-state index contributed by atoms with van der Waals surface area (Å²) < 4.78 is 0.600. The minimum atomic E-state index is -1.47. The first kappa shape index (κ1) is 18.6. The fourth-order valence-corrected chi connectivity index (χ4v) is 5.12.